The smallest absolute Gasteiger partial charge is 0.258 e. The molecule has 20 heavy (non-hydrogen) atoms. The quantitative estimate of drug-likeness (QED) is 0.392. The lowest BCUT2D eigenvalue weighted by Gasteiger charge is -2.04. The summed E-state index contributed by atoms with van der Waals surface area (Å²) in [6.07, 6.45) is 6.73. The van der Waals surface area contributed by atoms with Crippen molar-refractivity contribution in [2.45, 2.75) is 6.42 Å². The molecule has 0 spiro atoms. The number of aryl methyl sites for hydroxylation is 1. The largest absolute Gasteiger partial charge is 0.309 e. The second-order valence-corrected chi connectivity index (χ2v) is 4.37. The Morgan fingerprint density at radius 3 is 2.80 bits per heavy atom. The van der Waals surface area contributed by atoms with E-state index >= 15 is 0 Å². The topological polar surface area (TPSA) is 90.1 Å². The summed E-state index contributed by atoms with van der Waals surface area (Å²) in [5.41, 5.74) is 1.36. The number of aromatic nitrogens is 5. The summed E-state index contributed by atoms with van der Waals surface area (Å²) in [5.74, 6) is 0.354. The van der Waals surface area contributed by atoms with Crippen LogP contribution in [0.2, 0.25) is 0 Å². The van der Waals surface area contributed by atoms with Crippen molar-refractivity contribution < 1.29 is 9.49 Å². The highest BCUT2D eigenvalue weighted by molar-refractivity contribution is 5.42. The predicted molar refractivity (Wildman–Crippen MR) is 67.9 cm³/mol. The van der Waals surface area contributed by atoms with Gasteiger partial charge in [0.05, 0.1) is 4.92 Å². The average molecular weight is 271 g/mol. The van der Waals surface area contributed by atoms with Crippen LogP contribution in [0.15, 0.2) is 37.1 Å². The van der Waals surface area contributed by atoms with Crippen LogP contribution in [0, 0.1) is 10.1 Å². The highest BCUT2D eigenvalue weighted by atomic mass is 16.6. The zero-order valence-corrected chi connectivity index (χ0v) is 10.7. The summed E-state index contributed by atoms with van der Waals surface area (Å²) in [6, 6.07) is 3.82. The fraction of sp³-hybridized carbons (Fsp3) is 0.167. The number of nitrogens with zero attached hydrogens (tertiary/aromatic N) is 6. The van der Waals surface area contributed by atoms with Gasteiger partial charge in [-0.3, -0.25) is 10.1 Å². The van der Waals surface area contributed by atoms with Crippen molar-refractivity contribution in [3.63, 3.8) is 0 Å². The van der Waals surface area contributed by atoms with Crippen LogP contribution in [0.1, 0.15) is 11.3 Å². The molecule has 0 aliphatic carbocycles. The van der Waals surface area contributed by atoms with E-state index in [-0.39, 0.29) is 5.69 Å². The molecular formula is C12H11N6O2+. The van der Waals surface area contributed by atoms with E-state index in [4.69, 9.17) is 0 Å². The molecule has 100 valence electrons. The van der Waals surface area contributed by atoms with E-state index in [0.29, 0.717) is 17.9 Å². The van der Waals surface area contributed by atoms with Crippen LogP contribution in [0.25, 0.3) is 5.78 Å². The molecule has 0 aromatic carbocycles. The first kappa shape index (κ1) is 12.2. The van der Waals surface area contributed by atoms with Crippen molar-refractivity contribution >= 4 is 11.5 Å². The molecule has 0 radical (unpaired) electrons. The summed E-state index contributed by atoms with van der Waals surface area (Å²) in [5, 5.41) is 15.1. The molecule has 0 aliphatic rings. The van der Waals surface area contributed by atoms with Gasteiger partial charge in [-0.15, -0.1) is 0 Å². The van der Waals surface area contributed by atoms with E-state index in [1.165, 1.54) is 17.0 Å². The second kappa shape index (κ2) is 4.65. The first-order valence-corrected chi connectivity index (χ1v) is 5.91. The summed E-state index contributed by atoms with van der Waals surface area (Å²) >= 11 is 0. The minimum absolute atomic E-state index is 0.0590. The first-order chi connectivity index (χ1) is 9.65. The number of hydrogen-bond donors (Lipinski definition) is 0. The normalized spacial score (nSPS) is 10.8. The molecule has 0 saturated carbocycles. The molecule has 0 bridgehead atoms. The molecule has 3 aromatic heterocycles. The first-order valence-electron chi connectivity index (χ1n) is 5.91. The third-order valence-corrected chi connectivity index (χ3v) is 3.00. The molecule has 8 nitrogen and oxygen atoms in total. The van der Waals surface area contributed by atoms with Crippen LogP contribution < -0.4 is 4.57 Å². The molecule has 3 heterocycles. The standard InChI is InChI=1S/C12H11N6O2/c1-16-4-2-9(3-5-16)6-10-11(18(19)20)7-13-12-14-8-15-17(10)12/h2-5,7-8H,6H2,1H3/q+1. The molecule has 0 aliphatic heterocycles. The predicted octanol–water partition coefficient (Wildman–Crippen LogP) is 0.448. The van der Waals surface area contributed by atoms with Crippen molar-refractivity contribution in [1.82, 2.24) is 19.6 Å². The zero-order chi connectivity index (χ0) is 14.1. The fourth-order valence-corrected chi connectivity index (χ4v) is 1.98. The highest BCUT2D eigenvalue weighted by Gasteiger charge is 2.20. The van der Waals surface area contributed by atoms with Gasteiger partial charge in [0.15, 0.2) is 12.4 Å². The number of hydrogen-bond acceptors (Lipinski definition) is 5. The number of pyridine rings is 1. The summed E-state index contributed by atoms with van der Waals surface area (Å²) in [7, 11) is 1.91. The van der Waals surface area contributed by atoms with Gasteiger partial charge in [0.25, 0.3) is 5.78 Å². The Labute approximate surface area is 113 Å². The lowest BCUT2D eigenvalue weighted by molar-refractivity contribution is -0.671. The summed E-state index contributed by atoms with van der Waals surface area (Å²) in [4.78, 5) is 18.6. The van der Waals surface area contributed by atoms with Crippen LogP contribution in [0.3, 0.4) is 0 Å². The molecule has 0 fully saturated rings. The van der Waals surface area contributed by atoms with Gasteiger partial charge in [-0.05, 0) is 5.56 Å². The summed E-state index contributed by atoms with van der Waals surface area (Å²) < 4.78 is 3.31. The van der Waals surface area contributed by atoms with Crippen LogP contribution in [0.5, 0.6) is 0 Å². The number of rotatable bonds is 3. The Morgan fingerprint density at radius 1 is 1.35 bits per heavy atom. The highest BCUT2D eigenvalue weighted by Crippen LogP contribution is 2.20. The maximum Gasteiger partial charge on any atom is 0.309 e. The van der Waals surface area contributed by atoms with Gasteiger partial charge in [-0.25, -0.2) is 9.55 Å². The molecule has 0 amide bonds. The zero-order valence-electron chi connectivity index (χ0n) is 10.7. The van der Waals surface area contributed by atoms with Crippen molar-refractivity contribution in [2.24, 2.45) is 7.05 Å². The second-order valence-electron chi connectivity index (χ2n) is 4.37. The van der Waals surface area contributed by atoms with Gasteiger partial charge < -0.3 is 0 Å². The van der Waals surface area contributed by atoms with Crippen LogP contribution >= 0.6 is 0 Å². The van der Waals surface area contributed by atoms with Crippen molar-refractivity contribution in [3.8, 4) is 0 Å². The van der Waals surface area contributed by atoms with Crippen molar-refractivity contribution in [3.05, 3.63) is 58.4 Å². The van der Waals surface area contributed by atoms with Gasteiger partial charge in [-0.2, -0.15) is 14.6 Å². The fourth-order valence-electron chi connectivity index (χ4n) is 1.98. The van der Waals surface area contributed by atoms with Gasteiger partial charge >= 0.3 is 5.69 Å². The number of fused-ring (bicyclic) bond motifs is 1. The Morgan fingerprint density at radius 2 is 2.10 bits per heavy atom. The molecular weight excluding hydrogens is 260 g/mol. The number of nitro groups is 1. The molecule has 0 saturated heterocycles. The third kappa shape index (κ3) is 2.07. The van der Waals surface area contributed by atoms with E-state index in [0.717, 1.165) is 5.56 Å². The Kier molecular flexibility index (Phi) is 2.82. The van der Waals surface area contributed by atoms with E-state index in [1.807, 2.05) is 36.1 Å². The minimum Gasteiger partial charge on any atom is -0.258 e. The minimum atomic E-state index is -0.452. The van der Waals surface area contributed by atoms with Crippen LogP contribution in [-0.4, -0.2) is 24.5 Å². The Hall–Kier alpha value is -2.90. The lowest BCUT2D eigenvalue weighted by atomic mass is 10.1. The van der Waals surface area contributed by atoms with Gasteiger partial charge in [0.2, 0.25) is 0 Å². The molecule has 3 rings (SSSR count). The molecule has 0 N–H and O–H groups in total. The molecule has 8 heteroatoms. The van der Waals surface area contributed by atoms with Crippen LogP contribution in [-0.2, 0) is 13.5 Å². The van der Waals surface area contributed by atoms with E-state index in [2.05, 4.69) is 15.1 Å². The summed E-state index contributed by atoms with van der Waals surface area (Å²) in [6.45, 7) is 0. The maximum absolute atomic E-state index is 11.1. The van der Waals surface area contributed by atoms with Crippen molar-refractivity contribution in [2.75, 3.05) is 0 Å². The maximum atomic E-state index is 11.1. The van der Waals surface area contributed by atoms with Crippen LogP contribution in [0.4, 0.5) is 5.69 Å². The average Bonchev–Trinajstić information content (AvgIpc) is 2.90. The van der Waals surface area contributed by atoms with Gasteiger partial charge in [0, 0.05) is 18.6 Å². The van der Waals surface area contributed by atoms with Crippen molar-refractivity contribution in [1.29, 1.82) is 0 Å². The third-order valence-electron chi connectivity index (χ3n) is 3.00. The molecule has 0 unspecified atom stereocenters. The monoisotopic (exact) mass is 271 g/mol. The van der Waals surface area contributed by atoms with E-state index < -0.39 is 4.92 Å². The SMILES string of the molecule is C[n+]1ccc(Cc2c([N+](=O)[O-])cnc3ncnn23)cc1. The van der Waals surface area contributed by atoms with E-state index in [1.54, 1.807) is 0 Å². The Bertz CT molecular complexity index is 780. The lowest BCUT2D eigenvalue weighted by Crippen LogP contribution is -2.26. The Balaban J connectivity index is 2.12. The van der Waals surface area contributed by atoms with Gasteiger partial charge in [-0.1, -0.05) is 0 Å². The molecule has 0 atom stereocenters. The van der Waals surface area contributed by atoms with E-state index in [9.17, 15) is 10.1 Å². The molecule has 3 aromatic rings. The van der Waals surface area contributed by atoms with Gasteiger partial charge in [0.1, 0.15) is 25.3 Å².